The maximum atomic E-state index is 14.2. The van der Waals surface area contributed by atoms with Crippen molar-refractivity contribution in [3.63, 3.8) is 0 Å². The highest BCUT2D eigenvalue weighted by molar-refractivity contribution is 6.02. The largest absolute Gasteiger partial charge is 0.494 e. The summed E-state index contributed by atoms with van der Waals surface area (Å²) in [6.45, 7) is 11.1. The van der Waals surface area contributed by atoms with Crippen LogP contribution in [0.4, 0.5) is 5.69 Å². The lowest BCUT2D eigenvalue weighted by atomic mass is 9.62. The highest BCUT2D eigenvalue weighted by atomic mass is 16.5. The Morgan fingerprint density at radius 1 is 1.15 bits per heavy atom. The van der Waals surface area contributed by atoms with E-state index >= 15 is 0 Å². The molecular formula is C31H47N3O6. The molecule has 9 nitrogen and oxygen atoms in total. The summed E-state index contributed by atoms with van der Waals surface area (Å²) in [7, 11) is 0. The summed E-state index contributed by atoms with van der Waals surface area (Å²) in [5.74, 6) is -1.38. The van der Waals surface area contributed by atoms with Gasteiger partial charge in [-0.25, -0.2) is 0 Å². The van der Waals surface area contributed by atoms with Crippen molar-refractivity contribution in [2.75, 3.05) is 25.1 Å². The molecule has 40 heavy (non-hydrogen) atoms. The topological polar surface area (TPSA) is 117 Å². The van der Waals surface area contributed by atoms with Gasteiger partial charge in [-0.3, -0.25) is 14.4 Å². The molecule has 0 radical (unpaired) electrons. The van der Waals surface area contributed by atoms with Crippen molar-refractivity contribution >= 4 is 23.4 Å². The van der Waals surface area contributed by atoms with E-state index in [-0.39, 0.29) is 36.3 Å². The van der Waals surface area contributed by atoms with Crippen molar-refractivity contribution in [1.29, 1.82) is 0 Å². The highest BCUT2D eigenvalue weighted by Gasteiger charge is 2.79. The Morgan fingerprint density at radius 3 is 2.50 bits per heavy atom. The summed E-state index contributed by atoms with van der Waals surface area (Å²) in [4.78, 5) is 43.7. The average Bonchev–Trinajstić information content (AvgIpc) is 3.42. The smallest absolute Gasteiger partial charge is 0.246 e. The average molecular weight is 558 g/mol. The third-order valence-corrected chi connectivity index (χ3v) is 9.20. The van der Waals surface area contributed by atoms with Gasteiger partial charge in [0.15, 0.2) is 0 Å². The van der Waals surface area contributed by atoms with E-state index in [1.54, 1.807) is 29.2 Å². The normalized spacial score (nSPS) is 31.2. The Kier molecular flexibility index (Phi) is 9.45. The summed E-state index contributed by atoms with van der Waals surface area (Å²) in [6.07, 6.45) is 5.47. The predicted octanol–water partition coefficient (Wildman–Crippen LogP) is 3.89. The standard InChI is InChI=1S/C31H47N3O6/c1-6-12-21(4)32-28(37)26-31-19-20(3)30(5,40-31)24(25(31)29(38)34(26)17-10-8-9-11-18-35)27(36)33-22-13-15-23(16-14-22)39-7-2/h13-16,20-21,24-26,35H,6-12,17-19H2,1-5H3,(H,32,37)(H,33,36)/t20?,21?,24-,25-,26?,30+,31?/m0/s1. The number of benzene rings is 1. The van der Waals surface area contributed by atoms with E-state index in [9.17, 15) is 14.4 Å². The second kappa shape index (κ2) is 12.5. The van der Waals surface area contributed by atoms with Crippen LogP contribution in [0, 0.1) is 17.8 Å². The number of hydrogen-bond donors (Lipinski definition) is 3. The van der Waals surface area contributed by atoms with Gasteiger partial charge in [0.2, 0.25) is 17.7 Å². The monoisotopic (exact) mass is 557 g/mol. The minimum Gasteiger partial charge on any atom is -0.494 e. The second-order valence-corrected chi connectivity index (χ2v) is 12.0. The fraction of sp³-hybridized carbons (Fsp3) is 0.710. The lowest BCUT2D eigenvalue weighted by Crippen LogP contribution is -2.57. The van der Waals surface area contributed by atoms with Gasteiger partial charge in [-0.15, -0.1) is 0 Å². The summed E-state index contributed by atoms with van der Waals surface area (Å²) >= 11 is 0. The molecule has 7 atom stereocenters. The zero-order valence-corrected chi connectivity index (χ0v) is 24.7. The van der Waals surface area contributed by atoms with Crippen LogP contribution >= 0.6 is 0 Å². The summed E-state index contributed by atoms with van der Waals surface area (Å²) < 4.78 is 12.3. The molecule has 3 saturated heterocycles. The van der Waals surface area contributed by atoms with Gasteiger partial charge in [0, 0.05) is 24.9 Å². The molecule has 222 valence electrons. The van der Waals surface area contributed by atoms with E-state index in [1.165, 1.54) is 0 Å². The fourth-order valence-electron chi connectivity index (χ4n) is 7.28. The number of fused-ring (bicyclic) bond motifs is 1. The molecule has 0 aliphatic carbocycles. The van der Waals surface area contributed by atoms with Crippen molar-refractivity contribution in [3.8, 4) is 5.75 Å². The molecule has 0 aromatic heterocycles. The summed E-state index contributed by atoms with van der Waals surface area (Å²) in [6, 6.07) is 6.38. The first kappa shape index (κ1) is 30.3. The first-order valence-electron chi connectivity index (χ1n) is 15.1. The second-order valence-electron chi connectivity index (χ2n) is 12.0. The van der Waals surface area contributed by atoms with E-state index in [0.717, 1.165) is 37.9 Å². The summed E-state index contributed by atoms with van der Waals surface area (Å²) in [5, 5.41) is 15.3. The number of ether oxygens (including phenoxy) is 2. The van der Waals surface area contributed by atoms with Gasteiger partial charge < -0.3 is 30.1 Å². The SMILES string of the molecule is CCCC(C)NC(=O)C1N(CCCCCCO)C(=O)[C@@H]2[C@@H](C(=O)Nc3ccc(OCC)cc3)[C@]3(C)OC12CC3C. The molecule has 3 aliphatic heterocycles. The zero-order valence-electron chi connectivity index (χ0n) is 24.7. The van der Waals surface area contributed by atoms with Crippen LogP contribution in [0.15, 0.2) is 24.3 Å². The van der Waals surface area contributed by atoms with Gasteiger partial charge >= 0.3 is 0 Å². The van der Waals surface area contributed by atoms with Crippen LogP contribution in [0.25, 0.3) is 0 Å². The van der Waals surface area contributed by atoms with Crippen molar-refractivity contribution < 1.29 is 29.0 Å². The van der Waals surface area contributed by atoms with Crippen LogP contribution in [0.5, 0.6) is 5.75 Å². The van der Waals surface area contributed by atoms with Crippen LogP contribution < -0.4 is 15.4 Å². The molecule has 2 bridgehead atoms. The number of hydrogen-bond acceptors (Lipinski definition) is 6. The van der Waals surface area contributed by atoms with Crippen molar-refractivity contribution in [3.05, 3.63) is 24.3 Å². The van der Waals surface area contributed by atoms with Gasteiger partial charge in [0.25, 0.3) is 0 Å². The maximum absolute atomic E-state index is 14.2. The van der Waals surface area contributed by atoms with Crippen molar-refractivity contribution in [1.82, 2.24) is 10.2 Å². The van der Waals surface area contributed by atoms with Crippen LogP contribution in [0.2, 0.25) is 0 Å². The van der Waals surface area contributed by atoms with E-state index in [2.05, 4.69) is 24.5 Å². The van der Waals surface area contributed by atoms with Gasteiger partial charge in [0.05, 0.1) is 24.0 Å². The molecule has 3 fully saturated rings. The zero-order chi connectivity index (χ0) is 29.1. The van der Waals surface area contributed by atoms with E-state index in [4.69, 9.17) is 14.6 Å². The molecule has 4 rings (SSSR count). The number of likely N-dealkylation sites (tertiary alicyclic amines) is 1. The fourth-order valence-corrected chi connectivity index (χ4v) is 7.28. The van der Waals surface area contributed by atoms with Gasteiger partial charge in [0.1, 0.15) is 17.4 Å². The minimum atomic E-state index is -1.05. The third kappa shape index (κ3) is 5.47. The van der Waals surface area contributed by atoms with E-state index < -0.39 is 29.1 Å². The lowest BCUT2D eigenvalue weighted by Gasteiger charge is -2.36. The summed E-state index contributed by atoms with van der Waals surface area (Å²) in [5.41, 5.74) is -1.29. The Bertz CT molecular complexity index is 1060. The number of aliphatic hydroxyl groups is 1. The maximum Gasteiger partial charge on any atom is 0.246 e. The Balaban J connectivity index is 1.63. The van der Waals surface area contributed by atoms with Crippen LogP contribution in [0.1, 0.15) is 79.6 Å². The number of aliphatic hydroxyl groups excluding tert-OH is 1. The van der Waals surface area contributed by atoms with Crippen LogP contribution in [-0.4, -0.2) is 70.8 Å². The molecule has 0 saturated carbocycles. The number of rotatable bonds is 14. The third-order valence-electron chi connectivity index (χ3n) is 9.20. The molecule has 1 spiro atoms. The first-order chi connectivity index (χ1) is 19.1. The first-order valence-corrected chi connectivity index (χ1v) is 15.1. The van der Waals surface area contributed by atoms with Crippen LogP contribution in [-0.2, 0) is 19.1 Å². The highest BCUT2D eigenvalue weighted by Crippen LogP contribution is 2.65. The van der Waals surface area contributed by atoms with E-state index in [0.29, 0.717) is 31.7 Å². The molecule has 9 heteroatoms. The van der Waals surface area contributed by atoms with E-state index in [1.807, 2.05) is 20.8 Å². The number of nitrogens with zero attached hydrogens (tertiary/aromatic N) is 1. The number of anilines is 1. The van der Waals surface area contributed by atoms with Gasteiger partial charge in [-0.2, -0.15) is 0 Å². The molecule has 3 N–H and O–H groups in total. The number of nitrogens with one attached hydrogen (secondary N) is 2. The Hall–Kier alpha value is -2.65. The molecule has 3 heterocycles. The Labute approximate surface area is 238 Å². The molecule has 3 amide bonds. The molecule has 1 aromatic carbocycles. The molecule has 3 aliphatic rings. The lowest BCUT2D eigenvalue weighted by molar-refractivity contribution is -0.146. The van der Waals surface area contributed by atoms with Crippen molar-refractivity contribution in [2.45, 2.75) is 103 Å². The minimum absolute atomic E-state index is 0.0134. The predicted molar refractivity (Wildman–Crippen MR) is 153 cm³/mol. The number of amides is 3. The quantitative estimate of drug-likeness (QED) is 0.299. The van der Waals surface area contributed by atoms with Crippen molar-refractivity contribution in [2.24, 2.45) is 17.8 Å². The van der Waals surface area contributed by atoms with Gasteiger partial charge in [-0.05, 0) is 76.6 Å². The molecule has 1 aromatic rings. The number of carbonyl (C=O) groups is 3. The number of carbonyl (C=O) groups excluding carboxylic acids is 3. The molecular weight excluding hydrogens is 510 g/mol. The number of unbranched alkanes of at least 4 members (excludes halogenated alkanes) is 3. The van der Waals surface area contributed by atoms with Gasteiger partial charge in [-0.1, -0.05) is 33.1 Å². The van der Waals surface area contributed by atoms with Crippen LogP contribution in [0.3, 0.4) is 0 Å². The molecule has 4 unspecified atom stereocenters. The Morgan fingerprint density at radius 2 is 1.85 bits per heavy atom.